The standard InChI is InChI=1S/C16H19FN2OS/c1-16(2,13-7-3-4-8-14(13)17)11-19-15(20)18-10-12-6-5-9-21-12/h3-9H,10-11H2,1-2H3,(H2,18,19,20). The van der Waals surface area contributed by atoms with E-state index in [1.807, 2.05) is 31.4 Å². The van der Waals surface area contributed by atoms with E-state index in [4.69, 9.17) is 0 Å². The lowest BCUT2D eigenvalue weighted by Crippen LogP contribution is -2.42. The van der Waals surface area contributed by atoms with Gasteiger partial charge in [0, 0.05) is 16.8 Å². The molecular weight excluding hydrogens is 287 g/mol. The van der Waals surface area contributed by atoms with Crippen LogP contribution in [0.15, 0.2) is 41.8 Å². The third-order valence-corrected chi connectivity index (χ3v) is 4.17. The highest BCUT2D eigenvalue weighted by atomic mass is 32.1. The fourth-order valence-electron chi connectivity index (χ4n) is 2.05. The van der Waals surface area contributed by atoms with Crippen LogP contribution >= 0.6 is 11.3 Å². The van der Waals surface area contributed by atoms with E-state index < -0.39 is 5.41 Å². The van der Waals surface area contributed by atoms with Crippen LogP contribution in [0.3, 0.4) is 0 Å². The molecule has 0 radical (unpaired) electrons. The predicted octanol–water partition coefficient (Wildman–Crippen LogP) is 3.66. The number of rotatable bonds is 5. The number of hydrogen-bond acceptors (Lipinski definition) is 2. The molecule has 2 aromatic rings. The summed E-state index contributed by atoms with van der Waals surface area (Å²) < 4.78 is 13.8. The topological polar surface area (TPSA) is 41.1 Å². The molecule has 21 heavy (non-hydrogen) atoms. The summed E-state index contributed by atoms with van der Waals surface area (Å²) in [5.41, 5.74) is 0.134. The van der Waals surface area contributed by atoms with Crippen molar-refractivity contribution in [3.8, 4) is 0 Å². The third kappa shape index (κ3) is 4.29. The molecule has 2 N–H and O–H groups in total. The van der Waals surface area contributed by atoms with Crippen LogP contribution in [-0.4, -0.2) is 12.6 Å². The molecule has 0 spiro atoms. The summed E-state index contributed by atoms with van der Waals surface area (Å²) in [5.74, 6) is -0.247. The number of carbonyl (C=O) groups excluding carboxylic acids is 1. The van der Waals surface area contributed by atoms with E-state index in [1.54, 1.807) is 29.5 Å². The second kappa shape index (κ2) is 6.72. The van der Waals surface area contributed by atoms with E-state index in [2.05, 4.69) is 10.6 Å². The van der Waals surface area contributed by atoms with Gasteiger partial charge in [-0.3, -0.25) is 0 Å². The molecule has 3 nitrogen and oxygen atoms in total. The Morgan fingerprint density at radius 1 is 1.19 bits per heavy atom. The van der Waals surface area contributed by atoms with Crippen LogP contribution in [0.2, 0.25) is 0 Å². The Hall–Kier alpha value is -1.88. The van der Waals surface area contributed by atoms with Gasteiger partial charge >= 0.3 is 6.03 Å². The maximum Gasteiger partial charge on any atom is 0.315 e. The Balaban J connectivity index is 1.86. The Bertz CT molecular complexity index is 596. The van der Waals surface area contributed by atoms with Crippen LogP contribution in [0.5, 0.6) is 0 Å². The van der Waals surface area contributed by atoms with Crippen molar-refractivity contribution in [2.45, 2.75) is 25.8 Å². The third-order valence-electron chi connectivity index (χ3n) is 3.30. The minimum Gasteiger partial charge on any atom is -0.337 e. The Morgan fingerprint density at radius 3 is 2.62 bits per heavy atom. The van der Waals surface area contributed by atoms with Crippen LogP contribution in [0, 0.1) is 5.82 Å². The molecule has 0 aliphatic heterocycles. The number of urea groups is 1. The van der Waals surface area contributed by atoms with Crippen molar-refractivity contribution >= 4 is 17.4 Å². The van der Waals surface area contributed by atoms with Crippen LogP contribution in [-0.2, 0) is 12.0 Å². The Morgan fingerprint density at radius 2 is 1.95 bits per heavy atom. The maximum absolute atomic E-state index is 13.8. The molecule has 0 saturated heterocycles. The van der Waals surface area contributed by atoms with Crippen molar-refractivity contribution in [3.63, 3.8) is 0 Å². The summed E-state index contributed by atoms with van der Waals surface area (Å²) in [5, 5.41) is 7.56. The molecule has 0 bridgehead atoms. The van der Waals surface area contributed by atoms with Crippen LogP contribution in [0.4, 0.5) is 9.18 Å². The summed E-state index contributed by atoms with van der Waals surface area (Å²) in [6, 6.07) is 10.3. The molecule has 0 unspecified atom stereocenters. The lowest BCUT2D eigenvalue weighted by molar-refractivity contribution is 0.238. The minimum atomic E-state index is -0.467. The van der Waals surface area contributed by atoms with Gasteiger partial charge in [0.15, 0.2) is 0 Å². The van der Waals surface area contributed by atoms with Crippen molar-refractivity contribution < 1.29 is 9.18 Å². The number of carbonyl (C=O) groups is 1. The first-order valence-corrected chi connectivity index (χ1v) is 7.66. The second-order valence-electron chi connectivity index (χ2n) is 5.48. The molecule has 1 heterocycles. The summed E-state index contributed by atoms with van der Waals surface area (Å²) in [6.07, 6.45) is 0. The van der Waals surface area contributed by atoms with Crippen molar-refractivity contribution in [2.75, 3.05) is 6.54 Å². The number of thiophene rings is 1. The van der Waals surface area contributed by atoms with Crippen LogP contribution in [0.25, 0.3) is 0 Å². The van der Waals surface area contributed by atoms with E-state index in [-0.39, 0.29) is 11.8 Å². The van der Waals surface area contributed by atoms with Gasteiger partial charge in [0.05, 0.1) is 6.54 Å². The fraction of sp³-hybridized carbons (Fsp3) is 0.312. The Labute approximate surface area is 128 Å². The first-order chi connectivity index (χ1) is 9.99. The van der Waals surface area contributed by atoms with E-state index in [1.165, 1.54) is 6.07 Å². The summed E-state index contributed by atoms with van der Waals surface area (Å²) in [7, 11) is 0. The van der Waals surface area contributed by atoms with Gasteiger partial charge in [-0.25, -0.2) is 9.18 Å². The quantitative estimate of drug-likeness (QED) is 0.869. The molecule has 1 aromatic heterocycles. The van der Waals surface area contributed by atoms with Gasteiger partial charge < -0.3 is 10.6 Å². The van der Waals surface area contributed by atoms with Gasteiger partial charge in [-0.15, -0.1) is 11.3 Å². The first-order valence-electron chi connectivity index (χ1n) is 6.78. The van der Waals surface area contributed by atoms with Gasteiger partial charge in [0.25, 0.3) is 0 Å². The maximum atomic E-state index is 13.8. The molecule has 0 fully saturated rings. The normalized spacial score (nSPS) is 11.2. The lowest BCUT2D eigenvalue weighted by atomic mass is 9.84. The minimum absolute atomic E-state index is 0.243. The van der Waals surface area contributed by atoms with Crippen molar-refractivity contribution in [1.82, 2.24) is 10.6 Å². The second-order valence-corrected chi connectivity index (χ2v) is 6.51. The van der Waals surface area contributed by atoms with Crippen molar-refractivity contribution in [2.24, 2.45) is 0 Å². The van der Waals surface area contributed by atoms with Crippen molar-refractivity contribution in [1.29, 1.82) is 0 Å². The van der Waals surface area contributed by atoms with Gasteiger partial charge in [0.1, 0.15) is 5.82 Å². The molecule has 1 aromatic carbocycles. The van der Waals surface area contributed by atoms with Gasteiger partial charge in [0.2, 0.25) is 0 Å². The summed E-state index contributed by atoms with van der Waals surface area (Å²) in [4.78, 5) is 12.9. The van der Waals surface area contributed by atoms with Crippen LogP contribution in [0.1, 0.15) is 24.3 Å². The highest BCUT2D eigenvalue weighted by Gasteiger charge is 2.24. The van der Waals surface area contributed by atoms with Crippen LogP contribution < -0.4 is 10.6 Å². The molecule has 5 heteroatoms. The SMILES string of the molecule is CC(C)(CNC(=O)NCc1cccs1)c1ccccc1F. The predicted molar refractivity (Wildman–Crippen MR) is 84.0 cm³/mol. The van der Waals surface area contributed by atoms with Gasteiger partial charge in [-0.1, -0.05) is 38.1 Å². The number of hydrogen-bond donors (Lipinski definition) is 2. The van der Waals surface area contributed by atoms with E-state index in [9.17, 15) is 9.18 Å². The molecule has 2 rings (SSSR count). The zero-order valence-electron chi connectivity index (χ0n) is 12.2. The highest BCUT2D eigenvalue weighted by molar-refractivity contribution is 7.09. The largest absolute Gasteiger partial charge is 0.337 e. The van der Waals surface area contributed by atoms with Gasteiger partial charge in [-0.05, 0) is 23.1 Å². The molecule has 2 amide bonds. The van der Waals surface area contributed by atoms with E-state index in [0.29, 0.717) is 18.7 Å². The highest BCUT2D eigenvalue weighted by Crippen LogP contribution is 2.24. The molecule has 112 valence electrons. The molecular formula is C16H19FN2OS. The number of nitrogens with one attached hydrogen (secondary N) is 2. The Kier molecular flexibility index (Phi) is 4.96. The smallest absolute Gasteiger partial charge is 0.315 e. The average molecular weight is 306 g/mol. The molecule has 0 aliphatic rings. The number of halogens is 1. The summed E-state index contributed by atoms with van der Waals surface area (Å²) in [6.45, 7) is 4.68. The van der Waals surface area contributed by atoms with Gasteiger partial charge in [-0.2, -0.15) is 0 Å². The zero-order chi connectivity index (χ0) is 15.3. The lowest BCUT2D eigenvalue weighted by Gasteiger charge is -2.26. The zero-order valence-corrected chi connectivity index (χ0v) is 13.0. The number of amides is 2. The number of benzene rings is 1. The average Bonchev–Trinajstić information content (AvgIpc) is 2.96. The first kappa shape index (κ1) is 15.5. The van der Waals surface area contributed by atoms with E-state index >= 15 is 0 Å². The molecule has 0 atom stereocenters. The fourth-order valence-corrected chi connectivity index (χ4v) is 2.69. The monoisotopic (exact) mass is 306 g/mol. The summed E-state index contributed by atoms with van der Waals surface area (Å²) >= 11 is 1.60. The van der Waals surface area contributed by atoms with E-state index in [0.717, 1.165) is 4.88 Å². The molecule has 0 saturated carbocycles. The molecule has 0 aliphatic carbocycles. The van der Waals surface area contributed by atoms with Crippen molar-refractivity contribution in [3.05, 3.63) is 58.0 Å².